The molecular formula is C14H23NO5. The maximum Gasteiger partial charge on any atom is 0.407 e. The molecule has 6 heteroatoms. The van der Waals surface area contributed by atoms with E-state index in [-0.39, 0.29) is 12.0 Å². The minimum absolute atomic E-state index is 0.122. The molecule has 20 heavy (non-hydrogen) atoms. The molecule has 2 fully saturated rings. The first kappa shape index (κ1) is 15.1. The van der Waals surface area contributed by atoms with Crippen LogP contribution in [0.5, 0.6) is 0 Å². The number of carboxylic acid groups (broad SMARTS) is 1. The molecule has 0 radical (unpaired) electrons. The smallest absolute Gasteiger partial charge is 0.407 e. The maximum absolute atomic E-state index is 11.7. The lowest BCUT2D eigenvalue weighted by atomic mass is 9.86. The minimum atomic E-state index is -0.853. The first-order valence-corrected chi connectivity index (χ1v) is 6.99. The van der Waals surface area contributed by atoms with Crippen LogP contribution in [0.25, 0.3) is 0 Å². The molecule has 1 atom stereocenters. The number of rotatable bonds is 3. The van der Waals surface area contributed by atoms with E-state index in [1.165, 1.54) is 0 Å². The average molecular weight is 285 g/mol. The number of alkyl carbamates (subject to hydrolysis) is 1. The van der Waals surface area contributed by atoms with Gasteiger partial charge in [-0.25, -0.2) is 4.79 Å². The Kier molecular flexibility index (Phi) is 3.71. The molecule has 0 aromatic rings. The minimum Gasteiger partial charge on any atom is -0.481 e. The summed E-state index contributed by atoms with van der Waals surface area (Å²) in [5.74, 6) is -0.838. The van der Waals surface area contributed by atoms with E-state index < -0.39 is 23.1 Å². The van der Waals surface area contributed by atoms with Gasteiger partial charge in [0.15, 0.2) is 0 Å². The monoisotopic (exact) mass is 285 g/mol. The van der Waals surface area contributed by atoms with E-state index in [1.54, 1.807) is 20.8 Å². The quantitative estimate of drug-likeness (QED) is 0.825. The summed E-state index contributed by atoms with van der Waals surface area (Å²) >= 11 is 0. The number of carboxylic acids is 1. The zero-order chi connectivity index (χ0) is 15.0. The molecule has 1 aliphatic carbocycles. The Balaban J connectivity index is 1.95. The molecule has 1 saturated carbocycles. The van der Waals surface area contributed by atoms with Gasteiger partial charge in [0, 0.05) is 19.8 Å². The molecule has 1 saturated heterocycles. The summed E-state index contributed by atoms with van der Waals surface area (Å²) in [5.41, 5.74) is -1.65. The summed E-state index contributed by atoms with van der Waals surface area (Å²) in [5, 5.41) is 12.1. The van der Waals surface area contributed by atoms with E-state index in [0.717, 1.165) is 12.8 Å². The second-order valence-corrected chi connectivity index (χ2v) is 6.81. The van der Waals surface area contributed by atoms with Crippen molar-refractivity contribution in [2.24, 2.45) is 10.8 Å². The molecule has 1 amide bonds. The van der Waals surface area contributed by atoms with Crippen LogP contribution >= 0.6 is 0 Å². The van der Waals surface area contributed by atoms with Gasteiger partial charge in [-0.3, -0.25) is 4.79 Å². The molecule has 0 aromatic heterocycles. The average Bonchev–Trinajstić information content (AvgIpc) is 2.94. The molecule has 1 heterocycles. The van der Waals surface area contributed by atoms with Crippen LogP contribution in [-0.2, 0) is 14.3 Å². The Morgan fingerprint density at radius 2 is 1.90 bits per heavy atom. The highest BCUT2D eigenvalue weighted by molar-refractivity contribution is 5.81. The van der Waals surface area contributed by atoms with Crippen molar-refractivity contribution < 1.29 is 24.2 Å². The summed E-state index contributed by atoms with van der Waals surface area (Å²) < 4.78 is 10.5. The lowest BCUT2D eigenvalue weighted by Gasteiger charge is -2.27. The first-order valence-electron chi connectivity index (χ1n) is 6.99. The van der Waals surface area contributed by atoms with Crippen LogP contribution in [0, 0.1) is 10.8 Å². The zero-order valence-corrected chi connectivity index (χ0v) is 12.3. The van der Waals surface area contributed by atoms with E-state index in [0.29, 0.717) is 19.6 Å². The van der Waals surface area contributed by atoms with Crippen LogP contribution in [0.2, 0.25) is 0 Å². The summed E-state index contributed by atoms with van der Waals surface area (Å²) in [4.78, 5) is 23.3. The van der Waals surface area contributed by atoms with E-state index in [2.05, 4.69) is 5.32 Å². The molecule has 2 rings (SSSR count). The van der Waals surface area contributed by atoms with Gasteiger partial charge in [-0.05, 0) is 45.4 Å². The van der Waals surface area contributed by atoms with Gasteiger partial charge in [0.25, 0.3) is 0 Å². The van der Waals surface area contributed by atoms with Crippen LogP contribution in [0.1, 0.15) is 40.0 Å². The number of hydrogen-bond donors (Lipinski definition) is 2. The van der Waals surface area contributed by atoms with Gasteiger partial charge in [-0.15, -0.1) is 0 Å². The molecule has 2 N–H and O–H groups in total. The van der Waals surface area contributed by atoms with Crippen molar-refractivity contribution in [3.8, 4) is 0 Å². The third kappa shape index (κ3) is 2.75. The van der Waals surface area contributed by atoms with Crippen LogP contribution in [0.3, 0.4) is 0 Å². The van der Waals surface area contributed by atoms with Gasteiger partial charge in [-0.2, -0.15) is 0 Å². The van der Waals surface area contributed by atoms with Gasteiger partial charge in [0.2, 0.25) is 0 Å². The topological polar surface area (TPSA) is 84.9 Å². The predicted molar refractivity (Wildman–Crippen MR) is 71.4 cm³/mol. The molecule has 0 bridgehead atoms. The third-order valence-electron chi connectivity index (χ3n) is 4.32. The molecule has 1 spiro atoms. The lowest BCUT2D eigenvalue weighted by Crippen LogP contribution is -2.41. The van der Waals surface area contributed by atoms with Gasteiger partial charge in [0.1, 0.15) is 5.60 Å². The number of nitrogens with one attached hydrogen (secondary N) is 1. The molecule has 6 nitrogen and oxygen atoms in total. The number of amides is 1. The largest absolute Gasteiger partial charge is 0.481 e. The maximum atomic E-state index is 11.7. The number of carbonyl (C=O) groups excluding carboxylic acids is 1. The third-order valence-corrected chi connectivity index (χ3v) is 4.32. The fourth-order valence-corrected chi connectivity index (χ4v) is 3.12. The molecule has 1 unspecified atom stereocenters. The number of ether oxygens (including phenoxy) is 2. The standard InChI is InChI=1S/C14H23NO5/c1-12(2,3)20-11(18)15-9-14(10(16)17)8-13(14)4-6-19-7-5-13/h4-9H2,1-3H3,(H,15,18)(H,16,17). The predicted octanol–water partition coefficient (Wildman–Crippen LogP) is 1.78. The molecule has 1 aliphatic heterocycles. The van der Waals surface area contributed by atoms with E-state index in [4.69, 9.17) is 9.47 Å². The Bertz CT molecular complexity index is 408. The fraction of sp³-hybridized carbons (Fsp3) is 0.857. The fourth-order valence-electron chi connectivity index (χ4n) is 3.12. The number of carbonyl (C=O) groups is 2. The van der Waals surface area contributed by atoms with Crippen molar-refractivity contribution >= 4 is 12.1 Å². The summed E-state index contributed by atoms with van der Waals surface area (Å²) in [6.07, 6.45) is 1.53. The Morgan fingerprint density at radius 3 is 2.40 bits per heavy atom. The van der Waals surface area contributed by atoms with Crippen LogP contribution < -0.4 is 5.32 Å². The second-order valence-electron chi connectivity index (χ2n) is 6.81. The summed E-state index contributed by atoms with van der Waals surface area (Å²) in [6, 6.07) is 0. The van der Waals surface area contributed by atoms with Crippen molar-refractivity contribution in [1.82, 2.24) is 5.32 Å². The summed E-state index contributed by atoms with van der Waals surface area (Å²) in [7, 11) is 0. The Morgan fingerprint density at radius 1 is 1.30 bits per heavy atom. The van der Waals surface area contributed by atoms with Crippen LogP contribution in [0.15, 0.2) is 0 Å². The van der Waals surface area contributed by atoms with Gasteiger partial charge < -0.3 is 19.9 Å². The highest BCUT2D eigenvalue weighted by Gasteiger charge is 2.71. The Hall–Kier alpha value is -1.30. The molecular weight excluding hydrogens is 262 g/mol. The van der Waals surface area contributed by atoms with Crippen molar-refractivity contribution in [1.29, 1.82) is 0 Å². The highest BCUT2D eigenvalue weighted by atomic mass is 16.6. The highest BCUT2D eigenvalue weighted by Crippen LogP contribution is 2.68. The first-order chi connectivity index (χ1) is 9.21. The molecule has 0 aromatic carbocycles. The van der Waals surface area contributed by atoms with Crippen molar-refractivity contribution in [3.63, 3.8) is 0 Å². The Labute approximate surface area is 118 Å². The van der Waals surface area contributed by atoms with Crippen LogP contribution in [0.4, 0.5) is 4.79 Å². The molecule has 2 aliphatic rings. The van der Waals surface area contributed by atoms with Gasteiger partial charge >= 0.3 is 12.1 Å². The molecule has 114 valence electrons. The van der Waals surface area contributed by atoms with Gasteiger partial charge in [0.05, 0.1) is 5.41 Å². The normalized spacial score (nSPS) is 27.9. The van der Waals surface area contributed by atoms with Crippen molar-refractivity contribution in [2.75, 3.05) is 19.8 Å². The van der Waals surface area contributed by atoms with E-state index >= 15 is 0 Å². The van der Waals surface area contributed by atoms with Gasteiger partial charge in [-0.1, -0.05) is 0 Å². The number of hydrogen-bond acceptors (Lipinski definition) is 4. The summed E-state index contributed by atoms with van der Waals surface area (Å²) in [6.45, 7) is 6.64. The zero-order valence-electron chi connectivity index (χ0n) is 12.3. The lowest BCUT2D eigenvalue weighted by molar-refractivity contribution is -0.145. The van der Waals surface area contributed by atoms with Crippen LogP contribution in [-0.4, -0.2) is 42.5 Å². The van der Waals surface area contributed by atoms with Crippen molar-refractivity contribution in [3.05, 3.63) is 0 Å². The van der Waals surface area contributed by atoms with E-state index in [1.807, 2.05) is 0 Å². The number of aliphatic carboxylic acids is 1. The van der Waals surface area contributed by atoms with Crippen molar-refractivity contribution in [2.45, 2.75) is 45.6 Å². The second kappa shape index (κ2) is 4.91. The van der Waals surface area contributed by atoms with E-state index in [9.17, 15) is 14.7 Å². The SMILES string of the molecule is CC(C)(C)OC(=O)NCC1(C(=O)O)CC12CCOCC2.